The van der Waals surface area contributed by atoms with E-state index in [-0.39, 0.29) is 17.0 Å². The van der Waals surface area contributed by atoms with E-state index in [1.807, 2.05) is 0 Å². The fourth-order valence-corrected chi connectivity index (χ4v) is 3.13. The SMILES string of the molecule is CC1(c2ccc(OC(F)(F)F)cc2)NC(=O)N(CC(=O)Nc2ccccc2OC(F)F)C1=O. The van der Waals surface area contributed by atoms with Crippen LogP contribution in [0.25, 0.3) is 0 Å². The third kappa shape index (κ3) is 5.48. The first-order valence-electron chi connectivity index (χ1n) is 9.23. The van der Waals surface area contributed by atoms with Gasteiger partial charge in [0.25, 0.3) is 5.91 Å². The summed E-state index contributed by atoms with van der Waals surface area (Å²) < 4.78 is 70.1. The van der Waals surface area contributed by atoms with E-state index in [2.05, 4.69) is 20.1 Å². The lowest BCUT2D eigenvalue weighted by molar-refractivity contribution is -0.274. The summed E-state index contributed by atoms with van der Waals surface area (Å²) in [6.45, 7) is -2.57. The van der Waals surface area contributed by atoms with Gasteiger partial charge in [0.1, 0.15) is 23.6 Å². The number of anilines is 1. The zero-order valence-corrected chi connectivity index (χ0v) is 16.8. The molecule has 1 atom stereocenters. The zero-order chi connectivity index (χ0) is 24.4. The van der Waals surface area contributed by atoms with Crippen LogP contribution in [-0.4, -0.2) is 42.3 Å². The van der Waals surface area contributed by atoms with E-state index in [4.69, 9.17) is 0 Å². The minimum Gasteiger partial charge on any atom is -0.433 e. The van der Waals surface area contributed by atoms with Crippen LogP contribution in [0.5, 0.6) is 11.5 Å². The molecule has 1 unspecified atom stereocenters. The lowest BCUT2D eigenvalue weighted by Gasteiger charge is -2.22. The highest BCUT2D eigenvalue weighted by atomic mass is 19.4. The molecule has 4 amide bonds. The Morgan fingerprint density at radius 2 is 1.76 bits per heavy atom. The summed E-state index contributed by atoms with van der Waals surface area (Å²) in [6, 6.07) is 8.69. The van der Waals surface area contributed by atoms with Gasteiger partial charge < -0.3 is 20.1 Å². The number of imide groups is 1. The van der Waals surface area contributed by atoms with Crippen molar-refractivity contribution in [2.45, 2.75) is 25.4 Å². The Balaban J connectivity index is 1.72. The minimum atomic E-state index is -4.90. The molecule has 0 radical (unpaired) electrons. The number of nitrogens with one attached hydrogen (secondary N) is 2. The Bertz CT molecular complexity index is 1060. The quantitative estimate of drug-likeness (QED) is 0.473. The smallest absolute Gasteiger partial charge is 0.433 e. The van der Waals surface area contributed by atoms with Gasteiger partial charge in [-0.1, -0.05) is 24.3 Å². The van der Waals surface area contributed by atoms with Crippen LogP contribution in [-0.2, 0) is 15.1 Å². The zero-order valence-electron chi connectivity index (χ0n) is 16.8. The van der Waals surface area contributed by atoms with Gasteiger partial charge in [-0.15, -0.1) is 13.2 Å². The van der Waals surface area contributed by atoms with Gasteiger partial charge in [-0.25, -0.2) is 4.79 Å². The molecule has 1 heterocycles. The summed E-state index contributed by atoms with van der Waals surface area (Å²) in [6.07, 6.45) is -4.90. The predicted octanol–water partition coefficient (Wildman–Crippen LogP) is 3.59. The molecule has 176 valence electrons. The molecule has 2 aromatic carbocycles. The molecule has 2 N–H and O–H groups in total. The fraction of sp³-hybridized carbons (Fsp3) is 0.250. The molecule has 0 aromatic heterocycles. The molecular weight excluding hydrogens is 457 g/mol. The number of carbonyl (C=O) groups excluding carboxylic acids is 3. The molecule has 0 saturated carbocycles. The first-order valence-corrected chi connectivity index (χ1v) is 9.23. The van der Waals surface area contributed by atoms with Crippen molar-refractivity contribution in [1.82, 2.24) is 10.2 Å². The first kappa shape index (κ1) is 23.8. The van der Waals surface area contributed by atoms with E-state index in [9.17, 15) is 36.3 Å². The van der Waals surface area contributed by atoms with Crippen molar-refractivity contribution >= 4 is 23.5 Å². The van der Waals surface area contributed by atoms with Crippen LogP contribution in [0.15, 0.2) is 48.5 Å². The van der Waals surface area contributed by atoms with Gasteiger partial charge in [-0.05, 0) is 36.8 Å². The van der Waals surface area contributed by atoms with Crippen LogP contribution < -0.4 is 20.1 Å². The minimum absolute atomic E-state index is 0.0992. The number of amides is 4. The van der Waals surface area contributed by atoms with Gasteiger partial charge in [0.2, 0.25) is 5.91 Å². The number of rotatable bonds is 7. The molecule has 13 heteroatoms. The van der Waals surface area contributed by atoms with Crippen molar-refractivity contribution < 1.29 is 45.8 Å². The number of urea groups is 1. The largest absolute Gasteiger partial charge is 0.573 e. The number of hydrogen-bond acceptors (Lipinski definition) is 5. The molecule has 0 aliphatic carbocycles. The molecule has 1 aliphatic rings. The van der Waals surface area contributed by atoms with Crippen molar-refractivity contribution in [3.8, 4) is 11.5 Å². The number of nitrogens with zero attached hydrogens (tertiary/aromatic N) is 1. The van der Waals surface area contributed by atoms with Gasteiger partial charge >= 0.3 is 19.0 Å². The lowest BCUT2D eigenvalue weighted by Crippen LogP contribution is -2.42. The number of hydrogen-bond donors (Lipinski definition) is 2. The highest BCUT2D eigenvalue weighted by molar-refractivity contribution is 6.10. The van der Waals surface area contributed by atoms with Crippen molar-refractivity contribution in [1.29, 1.82) is 0 Å². The Morgan fingerprint density at radius 3 is 2.36 bits per heavy atom. The van der Waals surface area contributed by atoms with Crippen LogP contribution in [0.4, 0.5) is 32.4 Å². The summed E-state index contributed by atoms with van der Waals surface area (Å²) >= 11 is 0. The maximum atomic E-state index is 12.9. The van der Waals surface area contributed by atoms with E-state index in [0.717, 1.165) is 12.1 Å². The van der Waals surface area contributed by atoms with Gasteiger partial charge in [0.05, 0.1) is 5.69 Å². The third-order valence-corrected chi connectivity index (χ3v) is 4.62. The molecule has 8 nitrogen and oxygen atoms in total. The van der Waals surface area contributed by atoms with E-state index in [1.54, 1.807) is 0 Å². The second-order valence-corrected chi connectivity index (χ2v) is 6.94. The van der Waals surface area contributed by atoms with Crippen LogP contribution >= 0.6 is 0 Å². The van der Waals surface area contributed by atoms with Crippen LogP contribution in [0, 0.1) is 0 Å². The third-order valence-electron chi connectivity index (χ3n) is 4.62. The average Bonchev–Trinajstić information content (AvgIpc) is 2.92. The monoisotopic (exact) mass is 473 g/mol. The molecule has 3 rings (SSSR count). The Labute approximate surface area is 183 Å². The molecule has 1 aliphatic heterocycles. The van der Waals surface area contributed by atoms with Gasteiger partial charge in [0.15, 0.2) is 0 Å². The summed E-state index contributed by atoms with van der Waals surface area (Å²) in [5.74, 6) is -2.55. The van der Waals surface area contributed by atoms with Gasteiger partial charge in [0, 0.05) is 0 Å². The molecule has 2 aromatic rings. The van der Waals surface area contributed by atoms with Gasteiger partial charge in [-0.3, -0.25) is 14.5 Å². The second-order valence-electron chi connectivity index (χ2n) is 6.94. The first-order chi connectivity index (χ1) is 15.4. The maximum absolute atomic E-state index is 12.9. The summed E-state index contributed by atoms with van der Waals surface area (Å²) in [5.41, 5.74) is -1.61. The standard InChI is InChI=1S/C20H16F5N3O5/c1-19(11-6-8-12(9-7-11)33-20(23,24)25)16(30)28(18(31)27-19)10-15(29)26-13-4-2-3-5-14(13)32-17(21)22/h2-9,17H,10H2,1H3,(H,26,29)(H,27,31). The van der Waals surface area contributed by atoms with Crippen LogP contribution in [0.3, 0.4) is 0 Å². The average molecular weight is 473 g/mol. The van der Waals surface area contributed by atoms with E-state index < -0.39 is 48.7 Å². The predicted molar refractivity (Wildman–Crippen MR) is 102 cm³/mol. The number of halogens is 5. The number of ether oxygens (including phenoxy) is 2. The van der Waals surface area contributed by atoms with Crippen molar-refractivity contribution in [2.24, 2.45) is 0 Å². The van der Waals surface area contributed by atoms with Crippen molar-refractivity contribution in [2.75, 3.05) is 11.9 Å². The molecule has 1 saturated heterocycles. The van der Waals surface area contributed by atoms with Crippen molar-refractivity contribution in [3.63, 3.8) is 0 Å². The molecule has 0 bridgehead atoms. The van der Waals surface area contributed by atoms with E-state index in [1.165, 1.54) is 43.3 Å². The van der Waals surface area contributed by atoms with E-state index in [0.29, 0.717) is 4.90 Å². The number of benzene rings is 2. The Kier molecular flexibility index (Phi) is 6.42. The number of carbonyl (C=O) groups is 3. The molecule has 1 fully saturated rings. The van der Waals surface area contributed by atoms with Gasteiger partial charge in [-0.2, -0.15) is 8.78 Å². The van der Waals surface area contributed by atoms with Crippen LogP contribution in [0.2, 0.25) is 0 Å². The van der Waals surface area contributed by atoms with E-state index >= 15 is 0 Å². The summed E-state index contributed by atoms with van der Waals surface area (Å²) in [4.78, 5) is 38.2. The summed E-state index contributed by atoms with van der Waals surface area (Å²) in [7, 11) is 0. The van der Waals surface area contributed by atoms with Crippen LogP contribution in [0.1, 0.15) is 12.5 Å². The molecular formula is C20H16F5N3O5. The highest BCUT2D eigenvalue weighted by Gasteiger charge is 2.49. The number of para-hydroxylation sites is 2. The Hall–Kier alpha value is -3.90. The summed E-state index contributed by atoms with van der Waals surface area (Å²) in [5, 5.41) is 4.68. The Morgan fingerprint density at radius 1 is 1.12 bits per heavy atom. The molecule has 33 heavy (non-hydrogen) atoms. The normalized spacial score (nSPS) is 18.3. The van der Waals surface area contributed by atoms with Crippen molar-refractivity contribution in [3.05, 3.63) is 54.1 Å². The fourth-order valence-electron chi connectivity index (χ4n) is 3.13. The topological polar surface area (TPSA) is 97.0 Å². The molecule has 0 spiro atoms. The highest BCUT2D eigenvalue weighted by Crippen LogP contribution is 2.31. The lowest BCUT2D eigenvalue weighted by atomic mass is 9.92. The number of alkyl halides is 5. The second kappa shape index (κ2) is 8.92. The maximum Gasteiger partial charge on any atom is 0.573 e.